The fourth-order valence-electron chi connectivity index (χ4n) is 1.69. The molecular weight excluding hydrogens is 332 g/mol. The highest BCUT2D eigenvalue weighted by molar-refractivity contribution is 9.10. The van der Waals surface area contributed by atoms with E-state index in [-0.39, 0.29) is 0 Å². The van der Waals surface area contributed by atoms with E-state index in [4.69, 9.17) is 4.42 Å². The summed E-state index contributed by atoms with van der Waals surface area (Å²) in [4.78, 5) is 0. The Morgan fingerprint density at radius 1 is 1.19 bits per heavy atom. The molecule has 0 bridgehead atoms. The van der Waals surface area contributed by atoms with E-state index in [1.165, 1.54) is 5.56 Å². The molecule has 0 spiro atoms. The van der Waals surface area contributed by atoms with Gasteiger partial charge in [-0.15, -0.1) is 0 Å². The lowest BCUT2D eigenvalue weighted by molar-refractivity contribution is 0.494. The van der Waals surface area contributed by atoms with Crippen LogP contribution in [0.4, 0.5) is 0 Å². The lowest BCUT2D eigenvalue weighted by Gasteiger charge is -2.13. The highest BCUT2D eigenvalue weighted by atomic mass is 79.9. The Morgan fingerprint density at radius 3 is 2.69 bits per heavy atom. The molecule has 0 aliphatic rings. The normalized spacial score (nSPS) is 12.6. The Morgan fingerprint density at radius 2 is 2.06 bits per heavy atom. The summed E-state index contributed by atoms with van der Waals surface area (Å²) in [5.74, 6) is 1.48. The molecular formula is C13H12Br2O. The van der Waals surface area contributed by atoms with E-state index in [1.54, 1.807) is 6.26 Å². The number of halogens is 2. The number of hydrogen-bond acceptors (Lipinski definition) is 1. The van der Waals surface area contributed by atoms with Crippen LogP contribution in [0.1, 0.15) is 17.2 Å². The summed E-state index contributed by atoms with van der Waals surface area (Å²) in [5, 5.41) is 0.935. The molecule has 1 heterocycles. The summed E-state index contributed by atoms with van der Waals surface area (Å²) in [7, 11) is 0. The highest BCUT2D eigenvalue weighted by Gasteiger charge is 2.12. The van der Waals surface area contributed by atoms with E-state index in [0.717, 1.165) is 22.0 Å². The van der Waals surface area contributed by atoms with Crippen molar-refractivity contribution in [3.8, 4) is 0 Å². The lowest BCUT2D eigenvalue weighted by atomic mass is 9.97. The van der Waals surface area contributed by atoms with E-state index in [0.29, 0.717) is 5.92 Å². The smallest absolute Gasteiger partial charge is 0.104 e. The van der Waals surface area contributed by atoms with Gasteiger partial charge in [-0.2, -0.15) is 0 Å². The van der Waals surface area contributed by atoms with Crippen molar-refractivity contribution >= 4 is 31.9 Å². The average molecular weight is 344 g/mol. The first-order chi connectivity index (χ1) is 7.79. The predicted molar refractivity (Wildman–Crippen MR) is 73.1 cm³/mol. The first-order valence-electron chi connectivity index (χ1n) is 5.13. The van der Waals surface area contributed by atoms with Crippen molar-refractivity contribution in [1.29, 1.82) is 0 Å². The van der Waals surface area contributed by atoms with Crippen molar-refractivity contribution in [3.63, 3.8) is 0 Å². The third-order valence-corrected chi connectivity index (χ3v) is 3.81. The zero-order valence-electron chi connectivity index (χ0n) is 8.70. The van der Waals surface area contributed by atoms with E-state index >= 15 is 0 Å². The molecule has 1 nitrogen and oxygen atoms in total. The van der Waals surface area contributed by atoms with Crippen LogP contribution >= 0.6 is 31.9 Å². The third-order valence-electron chi connectivity index (χ3n) is 2.53. The quantitative estimate of drug-likeness (QED) is 0.729. The average Bonchev–Trinajstić information content (AvgIpc) is 2.78. The molecule has 0 radical (unpaired) electrons. The lowest BCUT2D eigenvalue weighted by Crippen LogP contribution is -2.03. The van der Waals surface area contributed by atoms with Crippen molar-refractivity contribution < 1.29 is 4.42 Å². The second-order valence-electron chi connectivity index (χ2n) is 3.69. The fourth-order valence-corrected chi connectivity index (χ4v) is 2.71. The molecule has 16 heavy (non-hydrogen) atoms. The van der Waals surface area contributed by atoms with Crippen molar-refractivity contribution in [2.24, 2.45) is 0 Å². The van der Waals surface area contributed by atoms with Crippen LogP contribution in [-0.2, 0) is 6.42 Å². The summed E-state index contributed by atoms with van der Waals surface area (Å²) in [5.41, 5.74) is 1.32. The van der Waals surface area contributed by atoms with Crippen LogP contribution in [0.25, 0.3) is 0 Å². The molecule has 1 atom stereocenters. The van der Waals surface area contributed by atoms with Crippen LogP contribution in [-0.4, -0.2) is 5.33 Å². The SMILES string of the molecule is BrCC(Cc1ccco1)c1cccc(Br)c1. The maximum Gasteiger partial charge on any atom is 0.104 e. The van der Waals surface area contributed by atoms with Crippen LogP contribution in [0, 0.1) is 0 Å². The van der Waals surface area contributed by atoms with Crippen molar-refractivity contribution in [2.45, 2.75) is 12.3 Å². The minimum atomic E-state index is 0.448. The van der Waals surface area contributed by atoms with Gasteiger partial charge in [-0.25, -0.2) is 0 Å². The van der Waals surface area contributed by atoms with E-state index in [2.05, 4.69) is 50.1 Å². The standard InChI is InChI=1S/C13H12Br2O/c14-9-11(8-13-5-2-6-16-13)10-3-1-4-12(15)7-10/h1-7,11H,8-9H2. The molecule has 3 heteroatoms. The van der Waals surface area contributed by atoms with Crippen LogP contribution in [0.2, 0.25) is 0 Å². The molecule has 0 amide bonds. The van der Waals surface area contributed by atoms with Gasteiger partial charge in [-0.05, 0) is 29.8 Å². The molecule has 1 aromatic carbocycles. The molecule has 1 unspecified atom stereocenters. The molecule has 2 aromatic rings. The van der Waals surface area contributed by atoms with Gasteiger partial charge in [0, 0.05) is 22.1 Å². The van der Waals surface area contributed by atoms with Gasteiger partial charge < -0.3 is 4.42 Å². The third kappa shape index (κ3) is 2.98. The van der Waals surface area contributed by atoms with Crippen molar-refractivity contribution in [1.82, 2.24) is 0 Å². The summed E-state index contributed by atoms with van der Waals surface area (Å²) < 4.78 is 6.51. The highest BCUT2D eigenvalue weighted by Crippen LogP contribution is 2.25. The molecule has 1 aromatic heterocycles. The van der Waals surface area contributed by atoms with Gasteiger partial charge in [0.25, 0.3) is 0 Å². The molecule has 84 valence electrons. The second-order valence-corrected chi connectivity index (χ2v) is 5.25. The van der Waals surface area contributed by atoms with Gasteiger partial charge in [-0.1, -0.05) is 44.0 Å². The Balaban J connectivity index is 2.16. The van der Waals surface area contributed by atoms with E-state index in [9.17, 15) is 0 Å². The number of furan rings is 1. The van der Waals surface area contributed by atoms with Crippen LogP contribution in [0.3, 0.4) is 0 Å². The number of alkyl halides is 1. The minimum Gasteiger partial charge on any atom is -0.469 e. The van der Waals surface area contributed by atoms with Gasteiger partial charge in [0.05, 0.1) is 6.26 Å². The Kier molecular flexibility index (Phi) is 4.24. The summed E-state index contributed by atoms with van der Waals surface area (Å²) in [6.07, 6.45) is 2.65. The van der Waals surface area contributed by atoms with Gasteiger partial charge >= 0.3 is 0 Å². The summed E-state index contributed by atoms with van der Waals surface area (Å²) >= 11 is 7.06. The first kappa shape index (κ1) is 11.9. The van der Waals surface area contributed by atoms with Crippen LogP contribution < -0.4 is 0 Å². The van der Waals surface area contributed by atoms with Crippen molar-refractivity contribution in [3.05, 3.63) is 58.5 Å². The monoisotopic (exact) mass is 342 g/mol. The number of hydrogen-bond donors (Lipinski definition) is 0. The molecule has 0 saturated heterocycles. The van der Waals surface area contributed by atoms with Crippen LogP contribution in [0.5, 0.6) is 0 Å². The Bertz CT molecular complexity index is 437. The number of rotatable bonds is 4. The topological polar surface area (TPSA) is 13.1 Å². The van der Waals surface area contributed by atoms with Crippen molar-refractivity contribution in [2.75, 3.05) is 5.33 Å². The molecule has 0 fully saturated rings. The zero-order chi connectivity index (χ0) is 11.4. The second kappa shape index (κ2) is 5.69. The van der Waals surface area contributed by atoms with Crippen LogP contribution in [0.15, 0.2) is 51.6 Å². The minimum absolute atomic E-state index is 0.448. The molecule has 0 saturated carbocycles. The maximum absolute atomic E-state index is 5.38. The van der Waals surface area contributed by atoms with E-state index < -0.39 is 0 Å². The molecule has 2 rings (SSSR count). The van der Waals surface area contributed by atoms with Gasteiger partial charge in [0.2, 0.25) is 0 Å². The summed E-state index contributed by atoms with van der Waals surface area (Å²) in [6, 6.07) is 12.4. The number of benzene rings is 1. The molecule has 0 aliphatic heterocycles. The largest absolute Gasteiger partial charge is 0.469 e. The molecule has 0 aliphatic carbocycles. The predicted octanol–water partition coefficient (Wildman–Crippen LogP) is 4.76. The molecule has 0 N–H and O–H groups in total. The first-order valence-corrected chi connectivity index (χ1v) is 7.05. The van der Waals surface area contributed by atoms with Gasteiger partial charge in [-0.3, -0.25) is 0 Å². The summed E-state index contributed by atoms with van der Waals surface area (Å²) in [6.45, 7) is 0. The Labute approximate surface area is 112 Å². The Hall–Kier alpha value is -0.540. The van der Waals surface area contributed by atoms with Gasteiger partial charge in [0.15, 0.2) is 0 Å². The fraction of sp³-hybridized carbons (Fsp3) is 0.231. The van der Waals surface area contributed by atoms with Gasteiger partial charge in [0.1, 0.15) is 5.76 Å². The van der Waals surface area contributed by atoms with E-state index in [1.807, 2.05) is 18.2 Å². The maximum atomic E-state index is 5.38. The zero-order valence-corrected chi connectivity index (χ0v) is 11.9.